The van der Waals surface area contributed by atoms with Crippen LogP contribution in [-0.4, -0.2) is 16.1 Å². The smallest absolute Gasteiger partial charge is 0.309 e. The molecule has 3 atom stereocenters. The van der Waals surface area contributed by atoms with Crippen molar-refractivity contribution < 1.29 is 9.90 Å². The van der Waals surface area contributed by atoms with E-state index in [-0.39, 0.29) is 5.92 Å². The highest BCUT2D eigenvalue weighted by Crippen LogP contribution is 2.52. The van der Waals surface area contributed by atoms with Crippen molar-refractivity contribution in [3.05, 3.63) is 30.1 Å². The molecule has 1 aromatic heterocycles. The van der Waals surface area contributed by atoms with E-state index in [0.29, 0.717) is 5.92 Å². The summed E-state index contributed by atoms with van der Waals surface area (Å²) in [5.74, 6) is -0.199. The first-order valence-electron chi connectivity index (χ1n) is 5.69. The van der Waals surface area contributed by atoms with Crippen molar-refractivity contribution in [1.29, 1.82) is 0 Å². The molecule has 0 radical (unpaired) electrons. The number of carboxylic acid groups (broad SMARTS) is 1. The fraction of sp³-hybridized carbons (Fsp3) is 0.538. The molecule has 0 aromatic carbocycles. The molecule has 1 saturated carbocycles. The third-order valence-electron chi connectivity index (χ3n) is 3.91. The number of nitrogens with zero attached hydrogens (tertiary/aromatic N) is 1. The second-order valence-electron chi connectivity index (χ2n) is 5.00. The van der Waals surface area contributed by atoms with E-state index in [9.17, 15) is 9.90 Å². The predicted octanol–water partition coefficient (Wildman–Crippen LogP) is 2.69. The third kappa shape index (κ3) is 1.60. The van der Waals surface area contributed by atoms with Crippen LogP contribution in [0.2, 0.25) is 0 Å². The van der Waals surface area contributed by atoms with E-state index in [1.165, 1.54) is 0 Å². The Morgan fingerprint density at radius 2 is 2.38 bits per heavy atom. The first-order valence-corrected chi connectivity index (χ1v) is 5.69. The molecule has 1 aliphatic carbocycles. The largest absolute Gasteiger partial charge is 0.481 e. The van der Waals surface area contributed by atoms with Crippen LogP contribution in [0.1, 0.15) is 38.2 Å². The summed E-state index contributed by atoms with van der Waals surface area (Å²) in [4.78, 5) is 15.5. The average Bonchev–Trinajstić information content (AvgIpc) is 2.57. The summed E-state index contributed by atoms with van der Waals surface area (Å²) in [6.45, 7) is 3.99. The van der Waals surface area contributed by atoms with Gasteiger partial charge in [-0.15, -0.1) is 0 Å². The lowest BCUT2D eigenvalue weighted by Crippen LogP contribution is -2.31. The summed E-state index contributed by atoms with van der Waals surface area (Å²) in [6, 6.07) is 3.86. The van der Waals surface area contributed by atoms with Crippen LogP contribution in [0.25, 0.3) is 0 Å². The van der Waals surface area contributed by atoms with Crippen LogP contribution in [0, 0.1) is 11.3 Å². The molecule has 1 fully saturated rings. The molecule has 3 heteroatoms. The Bertz CT molecular complexity index is 390. The van der Waals surface area contributed by atoms with Gasteiger partial charge >= 0.3 is 5.97 Å². The zero-order valence-electron chi connectivity index (χ0n) is 9.68. The molecule has 86 valence electrons. The molecule has 3 nitrogen and oxygen atoms in total. The standard InChI is InChI=1S/C13H17NO2/c1-9-5-6-13(2,12(15)16)11(9)10-4-3-7-14-8-10/h3-4,7-9,11H,5-6H2,1-2H3,(H,15,16). The van der Waals surface area contributed by atoms with Gasteiger partial charge < -0.3 is 5.11 Å². The molecule has 3 unspecified atom stereocenters. The monoisotopic (exact) mass is 219 g/mol. The van der Waals surface area contributed by atoms with Gasteiger partial charge in [0.1, 0.15) is 0 Å². The highest BCUT2D eigenvalue weighted by Gasteiger charge is 2.49. The van der Waals surface area contributed by atoms with Gasteiger partial charge in [0.25, 0.3) is 0 Å². The van der Waals surface area contributed by atoms with Crippen molar-refractivity contribution in [2.45, 2.75) is 32.6 Å². The lowest BCUT2D eigenvalue weighted by molar-refractivity contribution is -0.148. The van der Waals surface area contributed by atoms with Gasteiger partial charge in [-0.1, -0.05) is 13.0 Å². The fourth-order valence-corrected chi connectivity index (χ4v) is 2.97. The maximum absolute atomic E-state index is 11.4. The molecule has 16 heavy (non-hydrogen) atoms. The molecule has 0 bridgehead atoms. The van der Waals surface area contributed by atoms with Gasteiger partial charge in [-0.05, 0) is 37.3 Å². The number of aromatic nitrogens is 1. The number of pyridine rings is 1. The first kappa shape index (κ1) is 11.1. The van der Waals surface area contributed by atoms with Crippen LogP contribution in [0.15, 0.2) is 24.5 Å². The molecule has 1 N–H and O–H groups in total. The van der Waals surface area contributed by atoms with E-state index in [0.717, 1.165) is 18.4 Å². The second kappa shape index (κ2) is 3.89. The molecule has 2 rings (SSSR count). The first-order chi connectivity index (χ1) is 7.55. The SMILES string of the molecule is CC1CCC(C)(C(=O)O)C1c1cccnc1. The summed E-state index contributed by atoms with van der Waals surface area (Å²) in [6.07, 6.45) is 5.25. The normalized spacial score (nSPS) is 33.9. The number of hydrogen-bond donors (Lipinski definition) is 1. The number of carbonyl (C=O) groups is 1. The molecular formula is C13H17NO2. The number of aliphatic carboxylic acids is 1. The molecule has 1 aliphatic rings. The number of carboxylic acids is 1. The van der Waals surface area contributed by atoms with Crippen LogP contribution in [-0.2, 0) is 4.79 Å². The predicted molar refractivity (Wildman–Crippen MR) is 61.1 cm³/mol. The Hall–Kier alpha value is -1.38. The van der Waals surface area contributed by atoms with Crippen molar-refractivity contribution >= 4 is 5.97 Å². The van der Waals surface area contributed by atoms with E-state index >= 15 is 0 Å². The summed E-state index contributed by atoms with van der Waals surface area (Å²) in [5.41, 5.74) is 0.417. The summed E-state index contributed by atoms with van der Waals surface area (Å²) in [7, 11) is 0. The zero-order valence-corrected chi connectivity index (χ0v) is 9.68. The van der Waals surface area contributed by atoms with Crippen LogP contribution in [0.3, 0.4) is 0 Å². The Kier molecular flexibility index (Phi) is 2.70. The quantitative estimate of drug-likeness (QED) is 0.832. The van der Waals surface area contributed by atoms with Gasteiger partial charge in [-0.25, -0.2) is 0 Å². The number of rotatable bonds is 2. The van der Waals surface area contributed by atoms with Gasteiger partial charge in [0.2, 0.25) is 0 Å². The van der Waals surface area contributed by atoms with Crippen molar-refractivity contribution in [3.63, 3.8) is 0 Å². The molecule has 1 aromatic rings. The minimum absolute atomic E-state index is 0.0821. The van der Waals surface area contributed by atoms with Gasteiger partial charge in [-0.3, -0.25) is 9.78 Å². The Balaban J connectivity index is 2.41. The highest BCUT2D eigenvalue weighted by atomic mass is 16.4. The Morgan fingerprint density at radius 1 is 1.62 bits per heavy atom. The van der Waals surface area contributed by atoms with Gasteiger partial charge in [0, 0.05) is 18.3 Å². The van der Waals surface area contributed by atoms with Gasteiger partial charge in [-0.2, -0.15) is 0 Å². The van der Waals surface area contributed by atoms with Crippen molar-refractivity contribution in [3.8, 4) is 0 Å². The summed E-state index contributed by atoms with van der Waals surface area (Å²) >= 11 is 0. The van der Waals surface area contributed by atoms with Crippen molar-refractivity contribution in [1.82, 2.24) is 4.98 Å². The molecule has 0 spiro atoms. The third-order valence-corrected chi connectivity index (χ3v) is 3.91. The molecule has 1 heterocycles. The Labute approximate surface area is 95.5 Å². The van der Waals surface area contributed by atoms with Crippen LogP contribution in [0.4, 0.5) is 0 Å². The average molecular weight is 219 g/mol. The Morgan fingerprint density at radius 3 is 2.94 bits per heavy atom. The number of hydrogen-bond acceptors (Lipinski definition) is 2. The highest BCUT2D eigenvalue weighted by molar-refractivity contribution is 5.76. The van der Waals surface area contributed by atoms with Gasteiger partial charge in [0.05, 0.1) is 5.41 Å². The topological polar surface area (TPSA) is 50.2 Å². The zero-order chi connectivity index (χ0) is 11.8. The van der Waals surface area contributed by atoms with E-state index < -0.39 is 11.4 Å². The van der Waals surface area contributed by atoms with E-state index in [1.54, 1.807) is 12.4 Å². The van der Waals surface area contributed by atoms with E-state index in [1.807, 2.05) is 19.1 Å². The van der Waals surface area contributed by atoms with Crippen LogP contribution in [0.5, 0.6) is 0 Å². The minimum atomic E-state index is -0.689. The lowest BCUT2D eigenvalue weighted by atomic mass is 9.74. The van der Waals surface area contributed by atoms with Crippen LogP contribution < -0.4 is 0 Å². The van der Waals surface area contributed by atoms with Crippen molar-refractivity contribution in [2.24, 2.45) is 11.3 Å². The molecule has 0 saturated heterocycles. The second-order valence-corrected chi connectivity index (χ2v) is 5.00. The maximum atomic E-state index is 11.4. The van der Waals surface area contributed by atoms with Crippen LogP contribution >= 0.6 is 0 Å². The fourth-order valence-electron chi connectivity index (χ4n) is 2.97. The summed E-state index contributed by atoms with van der Waals surface area (Å²) < 4.78 is 0. The maximum Gasteiger partial charge on any atom is 0.309 e. The molecular weight excluding hydrogens is 202 g/mol. The van der Waals surface area contributed by atoms with E-state index in [2.05, 4.69) is 11.9 Å². The lowest BCUT2D eigenvalue weighted by Gasteiger charge is -2.29. The molecule has 0 amide bonds. The molecule has 0 aliphatic heterocycles. The minimum Gasteiger partial charge on any atom is -0.481 e. The van der Waals surface area contributed by atoms with E-state index in [4.69, 9.17) is 0 Å². The van der Waals surface area contributed by atoms with Gasteiger partial charge in [0.15, 0.2) is 0 Å². The summed E-state index contributed by atoms with van der Waals surface area (Å²) in [5, 5.41) is 9.40. The van der Waals surface area contributed by atoms with Crippen molar-refractivity contribution in [2.75, 3.05) is 0 Å².